The predicted molar refractivity (Wildman–Crippen MR) is 73.1 cm³/mol. The maximum absolute atomic E-state index is 11.9. The normalized spacial score (nSPS) is 31.4. The summed E-state index contributed by atoms with van der Waals surface area (Å²) in [6, 6.07) is 0. The molecule has 0 aromatic heterocycles. The fourth-order valence-corrected chi connectivity index (χ4v) is 3.23. The van der Waals surface area contributed by atoms with Crippen LogP contribution in [0.25, 0.3) is 0 Å². The molecule has 0 saturated carbocycles. The van der Waals surface area contributed by atoms with Crippen LogP contribution in [0.3, 0.4) is 0 Å². The van der Waals surface area contributed by atoms with E-state index >= 15 is 0 Å². The molecule has 1 atom stereocenters. The highest BCUT2D eigenvalue weighted by molar-refractivity contribution is 5.69. The van der Waals surface area contributed by atoms with Crippen molar-refractivity contribution in [2.75, 3.05) is 13.2 Å². The van der Waals surface area contributed by atoms with E-state index in [1.54, 1.807) is 6.92 Å². The molecule has 2 aliphatic heterocycles. The van der Waals surface area contributed by atoms with E-state index in [1.165, 1.54) is 0 Å². The Morgan fingerprint density at radius 2 is 1.80 bits per heavy atom. The maximum atomic E-state index is 11.9. The molecule has 0 radical (unpaired) electrons. The van der Waals surface area contributed by atoms with Gasteiger partial charge < -0.3 is 18.9 Å². The van der Waals surface area contributed by atoms with Gasteiger partial charge in [0.05, 0.1) is 25.2 Å². The Bertz CT molecular complexity index is 359. The first-order valence-corrected chi connectivity index (χ1v) is 7.48. The minimum Gasteiger partial charge on any atom is -0.433 e. The largest absolute Gasteiger partial charge is 0.433 e. The highest BCUT2D eigenvalue weighted by Gasteiger charge is 2.55. The standard InChI is InChI=1S/C15H26O5/c1-5-6-7-12(16)19-14(4)11-15(17-8-9-18-15)10-13(2,3)20-14/h5-11H2,1-4H3. The Morgan fingerprint density at radius 3 is 2.40 bits per heavy atom. The van der Waals surface area contributed by atoms with Crippen LogP contribution >= 0.6 is 0 Å². The van der Waals surface area contributed by atoms with E-state index in [9.17, 15) is 4.79 Å². The summed E-state index contributed by atoms with van der Waals surface area (Å²) in [5.41, 5.74) is -0.456. The third-order valence-electron chi connectivity index (χ3n) is 3.66. The van der Waals surface area contributed by atoms with Crippen molar-refractivity contribution in [1.29, 1.82) is 0 Å². The van der Waals surface area contributed by atoms with Crippen LogP contribution in [-0.2, 0) is 23.7 Å². The second-order valence-electron chi connectivity index (χ2n) is 6.53. The zero-order valence-corrected chi connectivity index (χ0v) is 13.0. The molecule has 0 aromatic carbocycles. The number of rotatable bonds is 4. The summed E-state index contributed by atoms with van der Waals surface area (Å²) in [5.74, 6) is -1.89. The number of hydrogen-bond acceptors (Lipinski definition) is 5. The van der Waals surface area contributed by atoms with Crippen LogP contribution in [0.15, 0.2) is 0 Å². The van der Waals surface area contributed by atoms with Gasteiger partial charge in [-0.2, -0.15) is 0 Å². The van der Waals surface area contributed by atoms with Gasteiger partial charge in [0.25, 0.3) is 0 Å². The monoisotopic (exact) mass is 286 g/mol. The van der Waals surface area contributed by atoms with Crippen molar-refractivity contribution in [3.63, 3.8) is 0 Å². The highest BCUT2D eigenvalue weighted by atomic mass is 16.8. The van der Waals surface area contributed by atoms with E-state index in [-0.39, 0.29) is 5.97 Å². The minimum absolute atomic E-state index is 0.222. The van der Waals surface area contributed by atoms with Gasteiger partial charge in [0.2, 0.25) is 5.79 Å². The molecule has 2 aliphatic rings. The van der Waals surface area contributed by atoms with Crippen molar-refractivity contribution in [3.8, 4) is 0 Å². The maximum Gasteiger partial charge on any atom is 0.308 e. The smallest absolute Gasteiger partial charge is 0.308 e. The molecule has 20 heavy (non-hydrogen) atoms. The van der Waals surface area contributed by atoms with Crippen LogP contribution in [0.1, 0.15) is 59.8 Å². The lowest BCUT2D eigenvalue weighted by atomic mass is 9.88. The summed E-state index contributed by atoms with van der Waals surface area (Å²) in [6.45, 7) is 8.94. The number of unbranched alkanes of at least 4 members (excludes halogenated alkanes) is 1. The van der Waals surface area contributed by atoms with Crippen molar-refractivity contribution >= 4 is 5.97 Å². The van der Waals surface area contributed by atoms with Gasteiger partial charge in [-0.05, 0) is 20.3 Å². The van der Waals surface area contributed by atoms with Crippen LogP contribution in [-0.4, -0.2) is 36.4 Å². The Balaban J connectivity index is 2.06. The van der Waals surface area contributed by atoms with Crippen molar-refractivity contribution < 1.29 is 23.7 Å². The summed E-state index contributed by atoms with van der Waals surface area (Å²) in [6.07, 6.45) is 3.28. The van der Waals surface area contributed by atoms with Gasteiger partial charge in [-0.25, -0.2) is 0 Å². The molecule has 0 amide bonds. The second-order valence-corrected chi connectivity index (χ2v) is 6.53. The van der Waals surface area contributed by atoms with Gasteiger partial charge in [-0.1, -0.05) is 13.3 Å². The van der Waals surface area contributed by atoms with Crippen LogP contribution < -0.4 is 0 Å². The first kappa shape index (κ1) is 15.7. The van der Waals surface area contributed by atoms with E-state index in [1.807, 2.05) is 20.8 Å². The van der Waals surface area contributed by atoms with Gasteiger partial charge in [0, 0.05) is 19.8 Å². The Kier molecular flexibility index (Phi) is 4.42. The number of esters is 1. The zero-order valence-electron chi connectivity index (χ0n) is 13.0. The Morgan fingerprint density at radius 1 is 1.15 bits per heavy atom. The molecular weight excluding hydrogens is 260 g/mol. The van der Waals surface area contributed by atoms with Crippen molar-refractivity contribution in [2.45, 2.75) is 77.0 Å². The number of carbonyl (C=O) groups is 1. The fourth-order valence-electron chi connectivity index (χ4n) is 3.23. The van der Waals surface area contributed by atoms with Crippen molar-refractivity contribution in [3.05, 3.63) is 0 Å². The van der Waals surface area contributed by atoms with Crippen LogP contribution in [0.5, 0.6) is 0 Å². The minimum atomic E-state index is -0.989. The van der Waals surface area contributed by atoms with E-state index in [0.29, 0.717) is 32.5 Å². The van der Waals surface area contributed by atoms with Crippen LogP contribution in [0.2, 0.25) is 0 Å². The predicted octanol–water partition coefficient (Wildman–Crippen LogP) is 2.77. The lowest BCUT2D eigenvalue weighted by Gasteiger charge is -2.49. The number of carbonyl (C=O) groups excluding carboxylic acids is 1. The summed E-state index contributed by atoms with van der Waals surface area (Å²) in [7, 11) is 0. The molecule has 5 nitrogen and oxygen atoms in total. The molecular formula is C15H26O5. The third-order valence-corrected chi connectivity index (χ3v) is 3.66. The van der Waals surface area contributed by atoms with Gasteiger partial charge in [0.1, 0.15) is 0 Å². The molecule has 116 valence electrons. The van der Waals surface area contributed by atoms with Gasteiger partial charge in [0.15, 0.2) is 5.79 Å². The van der Waals surface area contributed by atoms with Gasteiger partial charge in [-0.3, -0.25) is 4.79 Å². The molecule has 1 spiro atoms. The Hall–Kier alpha value is -0.650. The second kappa shape index (κ2) is 5.62. The molecule has 5 heteroatoms. The lowest BCUT2D eigenvalue weighted by molar-refractivity contribution is -0.350. The summed E-state index contributed by atoms with van der Waals surface area (Å²) in [5, 5.41) is 0. The molecule has 2 rings (SSSR count). The zero-order chi connectivity index (χ0) is 14.9. The molecule has 2 fully saturated rings. The summed E-state index contributed by atoms with van der Waals surface area (Å²) >= 11 is 0. The molecule has 0 aromatic rings. The quantitative estimate of drug-likeness (QED) is 0.744. The van der Waals surface area contributed by atoms with E-state index in [2.05, 4.69) is 0 Å². The van der Waals surface area contributed by atoms with Crippen LogP contribution in [0.4, 0.5) is 0 Å². The molecule has 2 heterocycles. The first-order chi connectivity index (χ1) is 9.28. The number of ether oxygens (including phenoxy) is 4. The summed E-state index contributed by atoms with van der Waals surface area (Å²) in [4.78, 5) is 11.9. The molecule has 0 aliphatic carbocycles. The van der Waals surface area contributed by atoms with E-state index in [0.717, 1.165) is 12.8 Å². The van der Waals surface area contributed by atoms with Crippen molar-refractivity contribution in [2.24, 2.45) is 0 Å². The third kappa shape index (κ3) is 3.71. The Labute approximate surface area is 120 Å². The molecule has 0 bridgehead atoms. The molecule has 2 saturated heterocycles. The van der Waals surface area contributed by atoms with Crippen LogP contribution in [0, 0.1) is 0 Å². The lowest BCUT2D eigenvalue weighted by Crippen LogP contribution is -2.57. The van der Waals surface area contributed by atoms with Crippen molar-refractivity contribution in [1.82, 2.24) is 0 Å². The summed E-state index contributed by atoms with van der Waals surface area (Å²) < 4.78 is 23.1. The average Bonchev–Trinajstić information content (AvgIpc) is 2.70. The van der Waals surface area contributed by atoms with E-state index < -0.39 is 17.2 Å². The molecule has 1 unspecified atom stereocenters. The van der Waals surface area contributed by atoms with Gasteiger partial charge >= 0.3 is 5.97 Å². The van der Waals surface area contributed by atoms with E-state index in [4.69, 9.17) is 18.9 Å². The molecule has 0 N–H and O–H groups in total. The fraction of sp³-hybridized carbons (Fsp3) is 0.933. The topological polar surface area (TPSA) is 54.0 Å². The SMILES string of the molecule is CCCCC(=O)OC1(C)CC2(CC(C)(C)O1)OCCO2. The highest BCUT2D eigenvalue weighted by Crippen LogP contribution is 2.45. The first-order valence-electron chi connectivity index (χ1n) is 7.48. The average molecular weight is 286 g/mol. The van der Waals surface area contributed by atoms with Gasteiger partial charge in [-0.15, -0.1) is 0 Å². The number of hydrogen-bond donors (Lipinski definition) is 0.